The van der Waals surface area contributed by atoms with Gasteiger partial charge in [-0.05, 0) is 6.07 Å². The third kappa shape index (κ3) is 3.75. The van der Waals surface area contributed by atoms with Crippen LogP contribution in [0, 0.1) is 5.92 Å². The van der Waals surface area contributed by atoms with E-state index in [-0.39, 0.29) is 11.0 Å². The van der Waals surface area contributed by atoms with Gasteiger partial charge in [0.2, 0.25) is 0 Å². The van der Waals surface area contributed by atoms with Gasteiger partial charge >= 0.3 is 0 Å². The summed E-state index contributed by atoms with van der Waals surface area (Å²) in [7, 11) is 2.03. The normalized spacial score (nSPS) is 16.3. The molecule has 0 atom stereocenters. The molecule has 2 aromatic rings. The lowest BCUT2D eigenvalue weighted by Crippen LogP contribution is -2.50. The summed E-state index contributed by atoms with van der Waals surface area (Å²) < 4.78 is 3.71. The van der Waals surface area contributed by atoms with Crippen LogP contribution in [0.1, 0.15) is 32.2 Å². The predicted octanol–water partition coefficient (Wildman–Crippen LogP) is 1.45. The Morgan fingerprint density at radius 2 is 2.00 bits per heavy atom. The minimum Gasteiger partial charge on any atom is -0.338 e. The Morgan fingerprint density at radius 1 is 1.25 bits per heavy atom. The molecule has 0 spiro atoms. The Labute approximate surface area is 143 Å². The third-order valence-corrected chi connectivity index (χ3v) is 4.70. The first-order valence-corrected chi connectivity index (χ1v) is 8.59. The lowest BCUT2D eigenvalue weighted by molar-refractivity contribution is 0.0848. The highest BCUT2D eigenvalue weighted by atomic mass is 16.1. The highest BCUT2D eigenvalue weighted by Gasteiger charge is 2.27. The average Bonchev–Trinajstić information content (AvgIpc) is 2.87. The van der Waals surface area contributed by atoms with Crippen LogP contribution in [0.3, 0.4) is 0 Å². The van der Waals surface area contributed by atoms with Crippen LogP contribution in [0.2, 0.25) is 0 Å². The number of nitrogens with zero attached hydrogens (tertiary/aromatic N) is 5. The number of rotatable bonds is 5. The molecule has 3 heterocycles. The zero-order chi connectivity index (χ0) is 17.3. The molecule has 6 nitrogen and oxygen atoms in total. The second-order valence-electron chi connectivity index (χ2n) is 7.86. The van der Waals surface area contributed by atoms with Gasteiger partial charge in [-0.3, -0.25) is 4.79 Å². The van der Waals surface area contributed by atoms with Crippen molar-refractivity contribution in [3.8, 4) is 0 Å². The number of hydrogen-bond acceptors (Lipinski definition) is 4. The number of aromatic nitrogens is 4. The Kier molecular flexibility index (Phi) is 4.58. The second kappa shape index (κ2) is 6.51. The van der Waals surface area contributed by atoms with E-state index in [1.807, 2.05) is 25.6 Å². The first-order valence-electron chi connectivity index (χ1n) is 8.59. The Morgan fingerprint density at radius 3 is 2.62 bits per heavy atom. The van der Waals surface area contributed by atoms with Crippen LogP contribution < -0.4 is 5.56 Å². The van der Waals surface area contributed by atoms with Gasteiger partial charge in [-0.1, -0.05) is 20.8 Å². The van der Waals surface area contributed by atoms with Crippen molar-refractivity contribution in [1.29, 1.82) is 0 Å². The fourth-order valence-electron chi connectivity index (χ4n) is 3.10. The molecule has 0 unspecified atom stereocenters. The molecule has 0 aliphatic carbocycles. The maximum atomic E-state index is 12.1. The summed E-state index contributed by atoms with van der Waals surface area (Å²) in [4.78, 5) is 18.6. The highest BCUT2D eigenvalue weighted by Crippen LogP contribution is 2.20. The van der Waals surface area contributed by atoms with Crippen molar-refractivity contribution in [3.05, 3.63) is 46.4 Å². The fraction of sp³-hybridized carbons (Fsp3) is 0.611. The molecular formula is C18H27N5O. The molecule has 2 aromatic heterocycles. The molecule has 0 aromatic carbocycles. The quantitative estimate of drug-likeness (QED) is 0.833. The molecule has 0 bridgehead atoms. The topological polar surface area (TPSA) is 56.0 Å². The first-order chi connectivity index (χ1) is 11.3. The first kappa shape index (κ1) is 16.9. The van der Waals surface area contributed by atoms with Gasteiger partial charge < -0.3 is 9.47 Å². The Balaban J connectivity index is 1.52. The smallest absolute Gasteiger partial charge is 0.266 e. The molecule has 24 heavy (non-hydrogen) atoms. The van der Waals surface area contributed by atoms with Crippen molar-refractivity contribution in [3.63, 3.8) is 0 Å². The van der Waals surface area contributed by atoms with Crippen LogP contribution in [0.4, 0.5) is 0 Å². The number of aryl methyl sites for hydroxylation is 1. The van der Waals surface area contributed by atoms with E-state index in [4.69, 9.17) is 0 Å². The predicted molar refractivity (Wildman–Crippen MR) is 94.0 cm³/mol. The van der Waals surface area contributed by atoms with E-state index in [0.29, 0.717) is 12.5 Å². The second-order valence-corrected chi connectivity index (χ2v) is 7.86. The minimum absolute atomic E-state index is 0.00339. The van der Waals surface area contributed by atoms with Gasteiger partial charge in [-0.2, -0.15) is 5.10 Å². The summed E-state index contributed by atoms with van der Waals surface area (Å²) in [5.74, 6) is 0.511. The Hall–Kier alpha value is -1.95. The molecule has 1 saturated heterocycles. The molecule has 1 aliphatic heterocycles. The van der Waals surface area contributed by atoms with Crippen LogP contribution in [0.5, 0.6) is 0 Å². The summed E-state index contributed by atoms with van der Waals surface area (Å²) in [6.45, 7) is 10.2. The maximum absolute atomic E-state index is 12.1. The van der Waals surface area contributed by atoms with Crippen molar-refractivity contribution in [2.24, 2.45) is 13.0 Å². The molecule has 0 amide bonds. The van der Waals surface area contributed by atoms with E-state index < -0.39 is 0 Å². The minimum atomic E-state index is -0.0375. The van der Waals surface area contributed by atoms with Gasteiger partial charge in [-0.15, -0.1) is 0 Å². The number of imidazole rings is 1. The van der Waals surface area contributed by atoms with Crippen molar-refractivity contribution in [2.45, 2.75) is 39.2 Å². The van der Waals surface area contributed by atoms with E-state index in [0.717, 1.165) is 31.7 Å². The van der Waals surface area contributed by atoms with Gasteiger partial charge in [0, 0.05) is 62.4 Å². The summed E-state index contributed by atoms with van der Waals surface area (Å²) in [6.07, 6.45) is 4.79. The van der Waals surface area contributed by atoms with Crippen molar-refractivity contribution in [2.75, 3.05) is 19.6 Å². The van der Waals surface area contributed by atoms with Crippen molar-refractivity contribution < 1.29 is 0 Å². The summed E-state index contributed by atoms with van der Waals surface area (Å²) in [5.41, 5.74) is 2.18. The summed E-state index contributed by atoms with van der Waals surface area (Å²) in [6, 6.07) is 3.49. The monoisotopic (exact) mass is 329 g/mol. The van der Waals surface area contributed by atoms with Gasteiger partial charge in [0.1, 0.15) is 0 Å². The van der Waals surface area contributed by atoms with E-state index in [1.165, 1.54) is 5.69 Å². The summed E-state index contributed by atoms with van der Waals surface area (Å²) in [5, 5.41) is 4.56. The van der Waals surface area contributed by atoms with Crippen LogP contribution in [0.15, 0.2) is 29.5 Å². The maximum Gasteiger partial charge on any atom is 0.266 e. The van der Waals surface area contributed by atoms with Gasteiger partial charge in [0.25, 0.3) is 5.56 Å². The van der Waals surface area contributed by atoms with E-state index >= 15 is 0 Å². The number of likely N-dealkylation sites (tertiary alicyclic amines) is 1. The third-order valence-electron chi connectivity index (χ3n) is 4.70. The van der Waals surface area contributed by atoms with Gasteiger partial charge in [0.15, 0.2) is 0 Å². The standard InChI is InChI=1S/C18H27N5O/c1-18(2,3)16-5-6-17(24)23(20-16)12-14-10-22(11-14)8-7-15-9-19-13-21(15)4/h5-6,9,13-14H,7-8,10-12H2,1-4H3. The molecule has 0 saturated carbocycles. The molecule has 6 heteroatoms. The molecule has 1 fully saturated rings. The van der Waals surface area contributed by atoms with Crippen molar-refractivity contribution in [1.82, 2.24) is 24.2 Å². The summed E-state index contributed by atoms with van der Waals surface area (Å²) >= 11 is 0. The molecule has 1 aliphatic rings. The zero-order valence-corrected chi connectivity index (χ0v) is 15.1. The van der Waals surface area contributed by atoms with E-state index in [1.54, 1.807) is 10.7 Å². The lowest BCUT2D eigenvalue weighted by Gasteiger charge is -2.39. The number of hydrogen-bond donors (Lipinski definition) is 0. The molecule has 3 rings (SSSR count). The Bertz CT molecular complexity index is 749. The molecular weight excluding hydrogens is 302 g/mol. The van der Waals surface area contributed by atoms with Crippen LogP contribution in [0.25, 0.3) is 0 Å². The van der Waals surface area contributed by atoms with Crippen LogP contribution in [-0.4, -0.2) is 43.9 Å². The molecule has 0 N–H and O–H groups in total. The highest BCUT2D eigenvalue weighted by molar-refractivity contribution is 5.10. The van der Waals surface area contributed by atoms with E-state index in [2.05, 4.69) is 40.3 Å². The van der Waals surface area contributed by atoms with Gasteiger partial charge in [0.05, 0.1) is 18.6 Å². The van der Waals surface area contributed by atoms with E-state index in [9.17, 15) is 4.79 Å². The SMILES string of the molecule is Cn1cncc1CCN1CC(Cn2nc(C(C)(C)C)ccc2=O)C1. The van der Waals surface area contributed by atoms with Crippen molar-refractivity contribution >= 4 is 0 Å². The van der Waals surface area contributed by atoms with Gasteiger partial charge in [-0.25, -0.2) is 9.67 Å². The lowest BCUT2D eigenvalue weighted by atomic mass is 9.92. The average molecular weight is 329 g/mol. The largest absolute Gasteiger partial charge is 0.338 e. The molecule has 0 radical (unpaired) electrons. The van der Waals surface area contributed by atoms with Crippen LogP contribution in [-0.2, 0) is 25.4 Å². The van der Waals surface area contributed by atoms with Crippen LogP contribution >= 0.6 is 0 Å². The molecule has 130 valence electrons. The zero-order valence-electron chi connectivity index (χ0n) is 15.1. The fourth-order valence-corrected chi connectivity index (χ4v) is 3.10.